The number of piperazine rings is 1. The number of hydrogen-bond donors (Lipinski definition) is 0. The second-order valence-electron chi connectivity index (χ2n) is 7.00. The summed E-state index contributed by atoms with van der Waals surface area (Å²) in [4.78, 5) is 31.4. The molecule has 0 N–H and O–H groups in total. The third-order valence-corrected chi connectivity index (χ3v) is 5.14. The van der Waals surface area contributed by atoms with Crippen molar-refractivity contribution < 1.29 is 9.59 Å². The van der Waals surface area contributed by atoms with E-state index in [1.54, 1.807) is 0 Å². The van der Waals surface area contributed by atoms with Crippen LogP contribution in [0.1, 0.15) is 18.9 Å². The Morgan fingerprint density at radius 2 is 1.88 bits per heavy atom. The Hall–Kier alpha value is -1.88. The molecular formula is C19H27N3O2. The van der Waals surface area contributed by atoms with Crippen LogP contribution in [-0.2, 0) is 9.59 Å². The summed E-state index contributed by atoms with van der Waals surface area (Å²) in [6.07, 6.45) is 0.701. The molecule has 130 valence electrons. The summed E-state index contributed by atoms with van der Waals surface area (Å²) in [5, 5.41) is 0. The molecule has 24 heavy (non-hydrogen) atoms. The van der Waals surface area contributed by atoms with Crippen LogP contribution < -0.4 is 4.90 Å². The molecule has 1 saturated carbocycles. The van der Waals surface area contributed by atoms with Gasteiger partial charge in [-0.15, -0.1) is 0 Å². The van der Waals surface area contributed by atoms with Crippen molar-refractivity contribution >= 4 is 17.5 Å². The molecule has 2 aliphatic rings. The van der Waals surface area contributed by atoms with E-state index in [0.29, 0.717) is 13.0 Å². The van der Waals surface area contributed by atoms with Gasteiger partial charge >= 0.3 is 0 Å². The number of anilines is 1. The number of rotatable bonds is 4. The highest BCUT2D eigenvalue weighted by atomic mass is 16.2. The van der Waals surface area contributed by atoms with Crippen LogP contribution >= 0.6 is 0 Å². The summed E-state index contributed by atoms with van der Waals surface area (Å²) in [6, 6.07) is 7.99. The number of carbonyl (C=O) groups is 2. The van der Waals surface area contributed by atoms with Crippen molar-refractivity contribution in [2.75, 3.05) is 44.7 Å². The van der Waals surface area contributed by atoms with E-state index >= 15 is 0 Å². The minimum Gasteiger partial charge on any atom is -0.340 e. The first-order valence-electron chi connectivity index (χ1n) is 8.86. The van der Waals surface area contributed by atoms with Crippen molar-refractivity contribution in [2.24, 2.45) is 11.8 Å². The number of likely N-dealkylation sites (N-methyl/N-ethyl adjacent to an activating group) is 1. The zero-order valence-corrected chi connectivity index (χ0v) is 14.9. The lowest BCUT2D eigenvalue weighted by atomic mass is 10.1. The van der Waals surface area contributed by atoms with Crippen LogP contribution in [0.15, 0.2) is 24.3 Å². The normalized spacial score (nSPS) is 23.9. The van der Waals surface area contributed by atoms with Crippen molar-refractivity contribution in [3.63, 3.8) is 0 Å². The van der Waals surface area contributed by atoms with Gasteiger partial charge in [-0.05, 0) is 45.0 Å². The van der Waals surface area contributed by atoms with Crippen LogP contribution in [0.5, 0.6) is 0 Å². The SMILES string of the molecule is CCN(C(=O)C1CC1C(=O)N1CCN(C)CC1)c1cccc(C)c1. The van der Waals surface area contributed by atoms with Gasteiger partial charge in [-0.1, -0.05) is 12.1 Å². The molecule has 5 nitrogen and oxygen atoms in total. The van der Waals surface area contributed by atoms with E-state index < -0.39 is 0 Å². The highest BCUT2D eigenvalue weighted by Crippen LogP contribution is 2.42. The molecule has 0 aromatic heterocycles. The van der Waals surface area contributed by atoms with Gasteiger partial charge < -0.3 is 14.7 Å². The maximum absolute atomic E-state index is 12.8. The summed E-state index contributed by atoms with van der Waals surface area (Å²) in [6.45, 7) is 8.04. The maximum Gasteiger partial charge on any atom is 0.230 e. The fraction of sp³-hybridized carbons (Fsp3) is 0.579. The Kier molecular flexibility index (Phi) is 4.90. The van der Waals surface area contributed by atoms with Crippen LogP contribution in [0.2, 0.25) is 0 Å². The van der Waals surface area contributed by atoms with Gasteiger partial charge in [-0.3, -0.25) is 9.59 Å². The topological polar surface area (TPSA) is 43.9 Å². The average Bonchev–Trinajstić information content (AvgIpc) is 3.36. The standard InChI is InChI=1S/C19H27N3O2/c1-4-22(15-7-5-6-14(2)12-15)19(24)17-13-16(17)18(23)21-10-8-20(3)9-11-21/h5-7,12,16-17H,4,8-11,13H2,1-3H3. The van der Waals surface area contributed by atoms with Gasteiger partial charge in [0.15, 0.2) is 0 Å². The zero-order chi connectivity index (χ0) is 17.3. The molecule has 2 unspecified atom stereocenters. The molecule has 3 rings (SSSR count). The second kappa shape index (κ2) is 6.93. The molecule has 0 radical (unpaired) electrons. The summed E-state index contributed by atoms with van der Waals surface area (Å²) in [7, 11) is 2.08. The number of hydrogen-bond acceptors (Lipinski definition) is 3. The number of benzene rings is 1. The fourth-order valence-electron chi connectivity index (χ4n) is 3.46. The van der Waals surface area contributed by atoms with Gasteiger partial charge in [0.1, 0.15) is 0 Å². The van der Waals surface area contributed by atoms with E-state index in [0.717, 1.165) is 37.4 Å². The molecule has 5 heteroatoms. The van der Waals surface area contributed by atoms with Gasteiger partial charge in [-0.25, -0.2) is 0 Å². The first-order chi connectivity index (χ1) is 11.5. The number of aryl methyl sites for hydroxylation is 1. The monoisotopic (exact) mass is 329 g/mol. The van der Waals surface area contributed by atoms with Gasteiger partial charge in [0.05, 0.1) is 11.8 Å². The largest absolute Gasteiger partial charge is 0.340 e. The molecule has 0 bridgehead atoms. The molecule has 1 heterocycles. The molecule has 2 amide bonds. The minimum absolute atomic E-state index is 0.0931. The van der Waals surface area contributed by atoms with Crippen LogP contribution in [0, 0.1) is 18.8 Å². The molecule has 2 fully saturated rings. The highest BCUT2D eigenvalue weighted by molar-refractivity contribution is 6.01. The number of nitrogens with zero attached hydrogens (tertiary/aromatic N) is 3. The van der Waals surface area contributed by atoms with Crippen molar-refractivity contribution in [3.05, 3.63) is 29.8 Å². The first kappa shape index (κ1) is 17.0. The van der Waals surface area contributed by atoms with E-state index in [9.17, 15) is 9.59 Å². The molecule has 2 atom stereocenters. The predicted molar refractivity (Wildman–Crippen MR) is 94.9 cm³/mol. The Morgan fingerprint density at radius 1 is 1.17 bits per heavy atom. The summed E-state index contributed by atoms with van der Waals surface area (Å²) < 4.78 is 0. The molecule has 1 aliphatic carbocycles. The quantitative estimate of drug-likeness (QED) is 0.845. The molecule has 1 aliphatic heterocycles. The van der Waals surface area contributed by atoms with Crippen LogP contribution in [-0.4, -0.2) is 61.4 Å². The van der Waals surface area contributed by atoms with Crippen LogP contribution in [0.4, 0.5) is 5.69 Å². The molecular weight excluding hydrogens is 302 g/mol. The Labute approximate surface area is 144 Å². The molecule has 1 aromatic rings. The third kappa shape index (κ3) is 3.46. The maximum atomic E-state index is 12.8. The predicted octanol–water partition coefficient (Wildman–Crippen LogP) is 1.76. The van der Waals surface area contributed by atoms with Crippen molar-refractivity contribution in [3.8, 4) is 0 Å². The summed E-state index contributed by atoms with van der Waals surface area (Å²) in [5.74, 6) is 0.00899. The summed E-state index contributed by atoms with van der Waals surface area (Å²) in [5.41, 5.74) is 2.07. The van der Waals surface area contributed by atoms with Gasteiger partial charge in [0, 0.05) is 38.4 Å². The van der Waals surface area contributed by atoms with Crippen molar-refractivity contribution in [1.29, 1.82) is 0 Å². The third-order valence-electron chi connectivity index (χ3n) is 5.14. The second-order valence-corrected chi connectivity index (χ2v) is 7.00. The van der Waals surface area contributed by atoms with E-state index in [-0.39, 0.29) is 23.7 Å². The van der Waals surface area contributed by atoms with Gasteiger partial charge in [0.25, 0.3) is 0 Å². The van der Waals surface area contributed by atoms with Crippen LogP contribution in [0.25, 0.3) is 0 Å². The van der Waals surface area contributed by atoms with E-state index in [2.05, 4.69) is 11.9 Å². The fourth-order valence-corrected chi connectivity index (χ4v) is 3.46. The van der Waals surface area contributed by atoms with Crippen molar-refractivity contribution in [2.45, 2.75) is 20.3 Å². The lowest BCUT2D eigenvalue weighted by Gasteiger charge is -2.32. The lowest BCUT2D eigenvalue weighted by molar-refractivity contribution is -0.135. The average molecular weight is 329 g/mol. The van der Waals surface area contributed by atoms with Crippen molar-refractivity contribution in [1.82, 2.24) is 9.80 Å². The minimum atomic E-state index is -0.141. The molecule has 0 spiro atoms. The van der Waals surface area contributed by atoms with E-state index in [1.807, 2.05) is 47.9 Å². The van der Waals surface area contributed by atoms with Gasteiger partial charge in [-0.2, -0.15) is 0 Å². The highest BCUT2D eigenvalue weighted by Gasteiger charge is 2.51. The number of carbonyl (C=O) groups excluding carboxylic acids is 2. The summed E-state index contributed by atoms with van der Waals surface area (Å²) >= 11 is 0. The smallest absolute Gasteiger partial charge is 0.230 e. The first-order valence-corrected chi connectivity index (χ1v) is 8.86. The molecule has 1 aromatic carbocycles. The van der Waals surface area contributed by atoms with Gasteiger partial charge in [0.2, 0.25) is 11.8 Å². The Morgan fingerprint density at radius 3 is 2.50 bits per heavy atom. The lowest BCUT2D eigenvalue weighted by Crippen LogP contribution is -2.48. The van der Waals surface area contributed by atoms with Crippen LogP contribution in [0.3, 0.4) is 0 Å². The molecule has 1 saturated heterocycles. The van der Waals surface area contributed by atoms with E-state index in [1.165, 1.54) is 0 Å². The number of amides is 2. The Balaban J connectivity index is 1.63. The zero-order valence-electron chi connectivity index (χ0n) is 14.9. The van der Waals surface area contributed by atoms with E-state index in [4.69, 9.17) is 0 Å². The Bertz CT molecular complexity index is 623.